The third-order valence-electron chi connectivity index (χ3n) is 6.39. The van der Waals surface area contributed by atoms with E-state index in [1.165, 1.54) is 23.0 Å². The van der Waals surface area contributed by atoms with Gasteiger partial charge in [-0.05, 0) is 31.4 Å². The van der Waals surface area contributed by atoms with Crippen molar-refractivity contribution in [3.05, 3.63) is 53.5 Å². The lowest BCUT2D eigenvalue weighted by atomic mass is 10.1. The first kappa shape index (κ1) is 25.8. The Balaban J connectivity index is 1.78. The molecule has 2 atom stereocenters. The molecule has 1 aliphatic heterocycles. The highest BCUT2D eigenvalue weighted by molar-refractivity contribution is 6.00. The Morgan fingerprint density at radius 2 is 2.11 bits per heavy atom. The third-order valence-corrected chi connectivity index (χ3v) is 6.39. The summed E-state index contributed by atoms with van der Waals surface area (Å²) in [6, 6.07) is 0.786. The fourth-order valence-electron chi connectivity index (χ4n) is 4.69. The van der Waals surface area contributed by atoms with Gasteiger partial charge in [0.1, 0.15) is 16.9 Å². The smallest absolute Gasteiger partial charge is 0.255 e. The monoisotopic (exact) mass is 511 g/mol. The van der Waals surface area contributed by atoms with Crippen molar-refractivity contribution in [3.8, 4) is 11.8 Å². The number of imidazole rings is 1. The van der Waals surface area contributed by atoms with Crippen molar-refractivity contribution in [3.63, 3.8) is 0 Å². The average molecular weight is 512 g/mol. The third kappa shape index (κ3) is 4.53. The van der Waals surface area contributed by atoms with Gasteiger partial charge in [0.2, 0.25) is 5.91 Å². The molecule has 3 aromatic rings. The molecule has 10 nitrogen and oxygen atoms in total. The van der Waals surface area contributed by atoms with E-state index in [1.54, 1.807) is 30.7 Å². The first-order valence-corrected chi connectivity index (χ1v) is 11.6. The van der Waals surface area contributed by atoms with Crippen LogP contribution < -0.4 is 11.1 Å². The maximum Gasteiger partial charge on any atom is 0.255 e. The van der Waals surface area contributed by atoms with Gasteiger partial charge in [-0.15, -0.1) is 0 Å². The zero-order chi connectivity index (χ0) is 26.9. The normalized spacial score (nSPS) is 17.1. The summed E-state index contributed by atoms with van der Waals surface area (Å²) in [6.07, 6.45) is 3.15. The summed E-state index contributed by atoms with van der Waals surface area (Å²) >= 11 is 0. The van der Waals surface area contributed by atoms with Gasteiger partial charge >= 0.3 is 0 Å². The molecule has 3 heterocycles. The summed E-state index contributed by atoms with van der Waals surface area (Å²) in [5.74, 6) is 2.33. The van der Waals surface area contributed by atoms with Crippen molar-refractivity contribution in [1.29, 1.82) is 0 Å². The molecular weight excluding hydrogens is 484 g/mol. The molecule has 12 heteroatoms. The van der Waals surface area contributed by atoms with Crippen LogP contribution in [-0.4, -0.2) is 69.4 Å². The number of nitrogens with zero attached hydrogens (tertiary/aromatic N) is 5. The topological polar surface area (TPSA) is 120 Å². The fraction of sp³-hybridized carbons (Fsp3) is 0.360. The molecule has 1 saturated heterocycles. The Labute approximate surface area is 212 Å². The second kappa shape index (κ2) is 10.4. The fourth-order valence-corrected chi connectivity index (χ4v) is 4.69. The summed E-state index contributed by atoms with van der Waals surface area (Å²) < 4.78 is 37.9. The number of carbonyl (C=O) groups is 2. The van der Waals surface area contributed by atoms with Gasteiger partial charge in [-0.3, -0.25) is 9.59 Å². The van der Waals surface area contributed by atoms with Crippen LogP contribution in [0.3, 0.4) is 0 Å². The number of methoxy groups -OCH3 is 1. The number of halogens is 2. The number of carbonyl (C=O) groups excluding carboxylic acids is 2. The van der Waals surface area contributed by atoms with E-state index in [2.05, 4.69) is 33.8 Å². The predicted octanol–water partition coefficient (Wildman–Crippen LogP) is 2.05. The molecule has 0 saturated carbocycles. The lowest BCUT2D eigenvalue weighted by Gasteiger charge is -2.22. The molecule has 194 valence electrons. The van der Waals surface area contributed by atoms with Crippen molar-refractivity contribution in [1.82, 2.24) is 24.2 Å². The molecule has 37 heavy (non-hydrogen) atoms. The molecule has 4 rings (SSSR count). The number of hydrogen-bond donors (Lipinski definition) is 2. The van der Waals surface area contributed by atoms with Gasteiger partial charge < -0.3 is 25.3 Å². The standard InChI is InChI=1S/C25H27F2N7O3/c1-5-19(35)33-11-15(10-16(33)12-37-4)34-25(29-3)20(24(28)36)17(31-34)8-7-14-9-18-23(22(27)21(14)26)32(6-2)13-30-18/h5,9,13,15-16,29H,1,6,10-12H2,2-4H3,(H2,28,36)/t15-,16+/m0/s1. The lowest BCUT2D eigenvalue weighted by molar-refractivity contribution is -0.127. The van der Waals surface area contributed by atoms with Gasteiger partial charge in [0.15, 0.2) is 17.3 Å². The van der Waals surface area contributed by atoms with E-state index < -0.39 is 17.5 Å². The van der Waals surface area contributed by atoms with Crippen LogP contribution in [0.4, 0.5) is 14.6 Å². The number of aromatic nitrogens is 4. The number of ether oxygens (including phenoxy) is 1. The number of nitrogens with one attached hydrogen (secondary N) is 1. The second-order valence-electron chi connectivity index (χ2n) is 8.52. The Bertz CT molecular complexity index is 1450. The zero-order valence-corrected chi connectivity index (χ0v) is 20.7. The minimum Gasteiger partial charge on any atom is -0.383 e. The molecule has 1 aliphatic rings. The van der Waals surface area contributed by atoms with E-state index >= 15 is 0 Å². The van der Waals surface area contributed by atoms with Gasteiger partial charge in [0.05, 0.1) is 36.1 Å². The Morgan fingerprint density at radius 3 is 2.73 bits per heavy atom. The van der Waals surface area contributed by atoms with E-state index in [0.29, 0.717) is 25.4 Å². The predicted molar refractivity (Wildman–Crippen MR) is 133 cm³/mol. The Morgan fingerprint density at radius 1 is 1.35 bits per heavy atom. The number of rotatable bonds is 7. The number of primary amides is 1. The number of fused-ring (bicyclic) bond motifs is 1. The van der Waals surface area contributed by atoms with Crippen LogP contribution in [0.15, 0.2) is 25.0 Å². The first-order valence-electron chi connectivity index (χ1n) is 11.6. The minimum atomic E-state index is -1.12. The highest BCUT2D eigenvalue weighted by Crippen LogP contribution is 2.32. The van der Waals surface area contributed by atoms with Gasteiger partial charge in [-0.1, -0.05) is 12.5 Å². The maximum absolute atomic E-state index is 14.8. The highest BCUT2D eigenvalue weighted by Gasteiger charge is 2.37. The summed E-state index contributed by atoms with van der Waals surface area (Å²) in [7, 11) is 3.14. The molecule has 2 amide bonds. The maximum atomic E-state index is 14.8. The quantitative estimate of drug-likeness (QED) is 0.370. The summed E-state index contributed by atoms with van der Waals surface area (Å²) in [6.45, 7) is 6.37. The zero-order valence-electron chi connectivity index (χ0n) is 20.7. The minimum absolute atomic E-state index is 0.00371. The van der Waals surface area contributed by atoms with Crippen LogP contribution in [0.2, 0.25) is 0 Å². The molecule has 0 bridgehead atoms. The van der Waals surface area contributed by atoms with Crippen LogP contribution in [0.1, 0.15) is 41.0 Å². The van der Waals surface area contributed by atoms with Gasteiger partial charge in [0, 0.05) is 27.2 Å². The van der Waals surface area contributed by atoms with Crippen molar-refractivity contribution in [2.24, 2.45) is 5.73 Å². The Hall–Kier alpha value is -4.24. The molecule has 1 fully saturated rings. The first-order chi connectivity index (χ1) is 17.7. The number of aryl methyl sites for hydroxylation is 1. The molecule has 3 N–H and O–H groups in total. The number of amides is 2. The summed E-state index contributed by atoms with van der Waals surface area (Å²) in [5.41, 5.74) is 5.72. The van der Waals surface area contributed by atoms with Crippen LogP contribution in [-0.2, 0) is 16.1 Å². The SMILES string of the molecule is C=CC(=O)N1C[C@@H](n2nc(C#Cc3cc4ncn(CC)c4c(F)c3F)c(C(N)=O)c2NC)C[C@@H]1COC. The van der Waals surface area contributed by atoms with Crippen LogP contribution in [0.25, 0.3) is 11.0 Å². The van der Waals surface area contributed by atoms with Gasteiger partial charge in [-0.25, -0.2) is 18.4 Å². The van der Waals surface area contributed by atoms with Crippen molar-refractivity contribution in [2.75, 3.05) is 32.6 Å². The largest absolute Gasteiger partial charge is 0.383 e. The number of nitrogens with two attached hydrogens (primary N) is 1. The molecule has 1 aromatic carbocycles. The second-order valence-corrected chi connectivity index (χ2v) is 8.52. The van der Waals surface area contributed by atoms with E-state index in [4.69, 9.17) is 10.5 Å². The van der Waals surface area contributed by atoms with E-state index in [-0.39, 0.29) is 52.4 Å². The summed E-state index contributed by atoms with van der Waals surface area (Å²) in [4.78, 5) is 30.5. The molecule has 0 aliphatic carbocycles. The molecule has 0 unspecified atom stereocenters. The number of benzene rings is 1. The highest BCUT2D eigenvalue weighted by atomic mass is 19.2. The van der Waals surface area contributed by atoms with E-state index in [0.717, 1.165) is 0 Å². The van der Waals surface area contributed by atoms with Crippen molar-refractivity contribution < 1.29 is 23.1 Å². The molecule has 0 spiro atoms. The van der Waals surface area contributed by atoms with Crippen LogP contribution in [0.5, 0.6) is 0 Å². The van der Waals surface area contributed by atoms with E-state index in [1.807, 2.05) is 0 Å². The van der Waals surface area contributed by atoms with E-state index in [9.17, 15) is 18.4 Å². The number of hydrogen-bond acceptors (Lipinski definition) is 6. The van der Waals surface area contributed by atoms with Gasteiger partial charge in [-0.2, -0.15) is 5.10 Å². The molecular formula is C25H27F2N7O3. The average Bonchev–Trinajstić information content (AvgIpc) is 3.59. The lowest BCUT2D eigenvalue weighted by Crippen LogP contribution is -2.37. The Kier molecular flexibility index (Phi) is 7.26. The van der Waals surface area contributed by atoms with Gasteiger partial charge in [0.25, 0.3) is 5.91 Å². The molecule has 2 aromatic heterocycles. The van der Waals surface area contributed by atoms with Crippen molar-refractivity contribution >= 4 is 28.7 Å². The molecule has 0 radical (unpaired) electrons. The van der Waals surface area contributed by atoms with Crippen LogP contribution in [0, 0.1) is 23.5 Å². The number of anilines is 1. The van der Waals surface area contributed by atoms with Crippen LogP contribution >= 0.6 is 0 Å². The summed E-state index contributed by atoms with van der Waals surface area (Å²) in [5, 5.41) is 7.41. The number of likely N-dealkylation sites (tertiary alicyclic amines) is 1. The van der Waals surface area contributed by atoms with Crippen molar-refractivity contribution in [2.45, 2.75) is 32.0 Å².